The Morgan fingerprint density at radius 3 is 2.19 bits per heavy atom. The molecule has 3 heterocycles. The maximum atomic E-state index is 13.0. The lowest BCUT2D eigenvalue weighted by molar-refractivity contribution is -0.137. The second kappa shape index (κ2) is 9.79. The van der Waals surface area contributed by atoms with Gasteiger partial charge < -0.3 is 9.80 Å². The molecule has 0 atom stereocenters. The van der Waals surface area contributed by atoms with Gasteiger partial charge in [-0.15, -0.1) is 0 Å². The van der Waals surface area contributed by atoms with Gasteiger partial charge in [0.1, 0.15) is 5.82 Å². The van der Waals surface area contributed by atoms with E-state index in [0.29, 0.717) is 18.7 Å². The molecule has 2 aromatic rings. The third-order valence-electron chi connectivity index (χ3n) is 6.08. The lowest BCUT2D eigenvalue weighted by atomic mass is 9.94. The first-order chi connectivity index (χ1) is 15.4. The van der Waals surface area contributed by atoms with Gasteiger partial charge in [-0.25, -0.2) is 12.8 Å². The number of benzene rings is 1. The molecule has 0 spiro atoms. The predicted molar refractivity (Wildman–Crippen MR) is 122 cm³/mol. The summed E-state index contributed by atoms with van der Waals surface area (Å²) in [5, 5.41) is 1.15. The van der Waals surface area contributed by atoms with E-state index in [1.165, 1.54) is 34.6 Å². The van der Waals surface area contributed by atoms with Crippen LogP contribution in [0.1, 0.15) is 18.4 Å². The van der Waals surface area contributed by atoms with Gasteiger partial charge in [-0.3, -0.25) is 9.78 Å². The summed E-state index contributed by atoms with van der Waals surface area (Å²) < 4.78 is 39.6. The number of pyridine rings is 1. The van der Waals surface area contributed by atoms with Crippen LogP contribution >= 0.6 is 0 Å². The largest absolute Gasteiger partial charge is 0.371 e. The van der Waals surface area contributed by atoms with E-state index in [2.05, 4.69) is 9.88 Å². The Balaban J connectivity index is 1.27. The first-order valence-electron chi connectivity index (χ1n) is 10.8. The predicted octanol–water partition coefficient (Wildman–Crippen LogP) is 2.58. The molecule has 7 nitrogen and oxygen atoms in total. The molecule has 0 unspecified atom stereocenters. The van der Waals surface area contributed by atoms with Crippen molar-refractivity contribution >= 4 is 27.7 Å². The second-order valence-corrected chi connectivity index (χ2v) is 9.91. The van der Waals surface area contributed by atoms with Gasteiger partial charge >= 0.3 is 0 Å². The minimum Gasteiger partial charge on any atom is -0.371 e. The van der Waals surface area contributed by atoms with Crippen molar-refractivity contribution in [1.29, 1.82) is 0 Å². The number of piperazine rings is 1. The standard InChI is InChI=1S/C23H27FN4O3S/c24-21-3-1-19(2-4-21)9-18-32(30,31)28-16-14-27(15-17-28)23(29)20-7-12-26(13-8-20)22-5-10-25-11-6-22/h1-6,9-11,18,20H,7-8,12-17H2. The van der Waals surface area contributed by atoms with Crippen molar-refractivity contribution in [1.82, 2.24) is 14.2 Å². The number of carbonyl (C=O) groups excluding carboxylic acids is 1. The van der Waals surface area contributed by atoms with E-state index in [1.807, 2.05) is 12.1 Å². The Morgan fingerprint density at radius 1 is 0.938 bits per heavy atom. The van der Waals surface area contributed by atoms with Crippen LogP contribution in [0.25, 0.3) is 6.08 Å². The minimum atomic E-state index is -3.59. The van der Waals surface area contributed by atoms with Gasteiger partial charge in [0.25, 0.3) is 0 Å². The Morgan fingerprint density at radius 2 is 1.56 bits per heavy atom. The number of carbonyl (C=O) groups is 1. The topological polar surface area (TPSA) is 73.8 Å². The molecule has 1 aromatic heterocycles. The quantitative estimate of drug-likeness (QED) is 0.689. The van der Waals surface area contributed by atoms with Gasteiger partial charge in [0.2, 0.25) is 15.9 Å². The summed E-state index contributed by atoms with van der Waals surface area (Å²) in [5.41, 5.74) is 1.74. The van der Waals surface area contributed by atoms with Crippen molar-refractivity contribution in [2.24, 2.45) is 5.92 Å². The lowest BCUT2D eigenvalue weighted by Crippen LogP contribution is -2.52. The average molecular weight is 459 g/mol. The van der Waals surface area contributed by atoms with E-state index in [-0.39, 0.29) is 30.7 Å². The third-order valence-corrected chi connectivity index (χ3v) is 7.65. The number of hydrogen-bond acceptors (Lipinski definition) is 5. The van der Waals surface area contributed by atoms with Crippen molar-refractivity contribution in [2.75, 3.05) is 44.2 Å². The minimum absolute atomic E-state index is 0.0189. The van der Waals surface area contributed by atoms with E-state index in [9.17, 15) is 17.6 Å². The summed E-state index contributed by atoms with van der Waals surface area (Å²) in [4.78, 5) is 21.1. The fourth-order valence-corrected chi connectivity index (χ4v) is 5.36. The molecule has 0 N–H and O–H groups in total. The summed E-state index contributed by atoms with van der Waals surface area (Å²) in [6, 6.07) is 9.59. The number of piperidine rings is 1. The van der Waals surface area contributed by atoms with Crippen LogP contribution in [0.4, 0.5) is 10.1 Å². The van der Waals surface area contributed by atoms with Crippen molar-refractivity contribution < 1.29 is 17.6 Å². The zero-order valence-electron chi connectivity index (χ0n) is 17.8. The molecular formula is C23H27FN4O3S. The molecule has 32 heavy (non-hydrogen) atoms. The molecule has 1 aromatic carbocycles. The summed E-state index contributed by atoms with van der Waals surface area (Å²) in [6.45, 7) is 2.99. The monoisotopic (exact) mass is 458 g/mol. The number of aromatic nitrogens is 1. The molecule has 2 aliphatic heterocycles. The van der Waals surface area contributed by atoms with Crippen LogP contribution in [0.15, 0.2) is 54.2 Å². The van der Waals surface area contributed by atoms with E-state index in [4.69, 9.17) is 0 Å². The molecule has 0 aliphatic carbocycles. The molecule has 2 aliphatic rings. The van der Waals surface area contributed by atoms with E-state index >= 15 is 0 Å². The normalized spacial score (nSPS) is 18.9. The van der Waals surface area contributed by atoms with Crippen LogP contribution in [-0.4, -0.2) is 67.8 Å². The van der Waals surface area contributed by atoms with Crippen molar-refractivity contribution in [3.63, 3.8) is 0 Å². The van der Waals surface area contributed by atoms with Gasteiger partial charge in [0.15, 0.2) is 0 Å². The van der Waals surface area contributed by atoms with Crippen molar-refractivity contribution in [2.45, 2.75) is 12.8 Å². The van der Waals surface area contributed by atoms with Crippen molar-refractivity contribution in [3.05, 3.63) is 65.6 Å². The van der Waals surface area contributed by atoms with Gasteiger partial charge in [0.05, 0.1) is 0 Å². The number of halogens is 1. The van der Waals surface area contributed by atoms with Gasteiger partial charge in [-0.1, -0.05) is 12.1 Å². The highest BCUT2D eigenvalue weighted by atomic mass is 32.2. The van der Waals surface area contributed by atoms with E-state index in [1.54, 1.807) is 17.3 Å². The fourth-order valence-electron chi connectivity index (χ4n) is 4.19. The summed E-state index contributed by atoms with van der Waals surface area (Å²) >= 11 is 0. The van der Waals surface area contributed by atoms with Gasteiger partial charge in [-0.05, 0) is 48.7 Å². The van der Waals surface area contributed by atoms with Crippen LogP contribution < -0.4 is 4.90 Å². The number of amides is 1. The summed E-state index contributed by atoms with van der Waals surface area (Å²) in [7, 11) is -3.59. The van der Waals surface area contributed by atoms with Crippen LogP contribution in [-0.2, 0) is 14.8 Å². The van der Waals surface area contributed by atoms with Crippen LogP contribution in [0.3, 0.4) is 0 Å². The number of rotatable bonds is 5. The Labute approximate surface area is 188 Å². The molecule has 0 saturated carbocycles. The molecule has 170 valence electrons. The summed E-state index contributed by atoms with van der Waals surface area (Å²) in [5.74, 6) is -0.262. The Hall–Kier alpha value is -2.78. The number of anilines is 1. The molecular weight excluding hydrogens is 431 g/mol. The smallest absolute Gasteiger partial charge is 0.236 e. The molecule has 1 amide bonds. The molecule has 4 rings (SSSR count). The lowest BCUT2D eigenvalue weighted by Gasteiger charge is -2.38. The number of nitrogens with zero attached hydrogens (tertiary/aromatic N) is 4. The molecule has 9 heteroatoms. The SMILES string of the molecule is O=C(C1CCN(c2ccncc2)CC1)N1CCN(S(=O)(=O)C=Cc2ccc(F)cc2)CC1. The molecule has 2 saturated heterocycles. The molecule has 2 fully saturated rings. The third kappa shape index (κ3) is 5.34. The van der Waals surface area contributed by atoms with E-state index < -0.39 is 10.0 Å². The molecule has 0 bridgehead atoms. The average Bonchev–Trinajstić information content (AvgIpc) is 2.84. The first-order valence-corrected chi connectivity index (χ1v) is 12.3. The highest BCUT2D eigenvalue weighted by Crippen LogP contribution is 2.25. The Bertz CT molecular complexity index is 1040. The zero-order valence-corrected chi connectivity index (χ0v) is 18.6. The molecule has 0 radical (unpaired) electrons. The van der Waals surface area contributed by atoms with Crippen LogP contribution in [0.5, 0.6) is 0 Å². The highest BCUT2D eigenvalue weighted by Gasteiger charge is 2.32. The fraction of sp³-hybridized carbons (Fsp3) is 0.391. The summed E-state index contributed by atoms with van der Waals surface area (Å²) in [6.07, 6.45) is 6.59. The van der Waals surface area contributed by atoms with E-state index in [0.717, 1.165) is 37.0 Å². The van der Waals surface area contributed by atoms with Crippen LogP contribution in [0, 0.1) is 11.7 Å². The Kier molecular flexibility index (Phi) is 6.86. The highest BCUT2D eigenvalue weighted by molar-refractivity contribution is 7.92. The van der Waals surface area contributed by atoms with Crippen molar-refractivity contribution in [3.8, 4) is 0 Å². The van der Waals surface area contributed by atoms with Gasteiger partial charge in [0, 0.05) is 68.7 Å². The van der Waals surface area contributed by atoms with Gasteiger partial charge in [-0.2, -0.15) is 4.31 Å². The second-order valence-electron chi connectivity index (χ2n) is 8.09. The zero-order chi connectivity index (χ0) is 22.6. The number of hydrogen-bond donors (Lipinski definition) is 0. The number of sulfonamides is 1. The first kappa shape index (κ1) is 22.4. The maximum Gasteiger partial charge on any atom is 0.236 e. The maximum absolute atomic E-state index is 13.0. The van der Waals surface area contributed by atoms with Crippen LogP contribution in [0.2, 0.25) is 0 Å².